The molecule has 1 aromatic rings. The lowest BCUT2D eigenvalue weighted by atomic mass is 10.1. The maximum atomic E-state index is 12.0. The van der Waals surface area contributed by atoms with E-state index in [1.54, 1.807) is 0 Å². The molecule has 3 rings (SSSR count). The van der Waals surface area contributed by atoms with Crippen LogP contribution in [0.3, 0.4) is 0 Å². The highest BCUT2D eigenvalue weighted by molar-refractivity contribution is 7.91. The lowest BCUT2D eigenvalue weighted by molar-refractivity contribution is -0.121. The van der Waals surface area contributed by atoms with E-state index in [1.165, 1.54) is 5.56 Å². The number of nitrogens with zero attached hydrogens (tertiary/aromatic N) is 2. The van der Waals surface area contributed by atoms with Crippen LogP contribution in [0.15, 0.2) is 30.3 Å². The summed E-state index contributed by atoms with van der Waals surface area (Å²) in [5.41, 5.74) is 1.35. The van der Waals surface area contributed by atoms with E-state index in [-0.39, 0.29) is 23.3 Å². The smallest absolute Gasteiger partial charge is 0.220 e. The average Bonchev–Trinajstić information content (AvgIpc) is 2.96. The molecule has 0 spiro atoms. The maximum Gasteiger partial charge on any atom is 0.220 e. The number of rotatable bonds is 7. The lowest BCUT2D eigenvalue weighted by Gasteiger charge is -2.34. The third-order valence-electron chi connectivity index (χ3n) is 5.26. The van der Waals surface area contributed by atoms with Gasteiger partial charge in [0.05, 0.1) is 11.5 Å². The number of hydrogen-bond acceptors (Lipinski definition) is 5. The van der Waals surface area contributed by atoms with Crippen molar-refractivity contribution in [3.63, 3.8) is 0 Å². The van der Waals surface area contributed by atoms with Crippen molar-refractivity contribution in [3.8, 4) is 0 Å². The minimum Gasteiger partial charge on any atom is -0.355 e. The zero-order valence-corrected chi connectivity index (χ0v) is 16.1. The molecule has 144 valence electrons. The standard InChI is InChI=1S/C19H29N3O3S/c23-19(14-18-6-13-26(24,25)16-18)20-7-8-21-9-11-22(12-10-21)15-17-4-2-1-3-5-17/h1-5,18H,6-16H2,(H,20,23). The molecule has 1 amide bonds. The number of piperazine rings is 1. The fourth-order valence-corrected chi connectivity index (χ4v) is 5.60. The minimum absolute atomic E-state index is 0.00142. The number of hydrogen-bond donors (Lipinski definition) is 1. The van der Waals surface area contributed by atoms with E-state index in [9.17, 15) is 13.2 Å². The van der Waals surface area contributed by atoms with Gasteiger partial charge < -0.3 is 5.32 Å². The zero-order chi connectivity index (χ0) is 18.4. The van der Waals surface area contributed by atoms with Crippen LogP contribution in [0.2, 0.25) is 0 Å². The molecular formula is C19H29N3O3S. The van der Waals surface area contributed by atoms with Crippen molar-refractivity contribution in [3.05, 3.63) is 35.9 Å². The van der Waals surface area contributed by atoms with E-state index in [4.69, 9.17) is 0 Å². The van der Waals surface area contributed by atoms with Gasteiger partial charge in [-0.05, 0) is 17.9 Å². The van der Waals surface area contributed by atoms with Crippen LogP contribution in [0.5, 0.6) is 0 Å². The summed E-state index contributed by atoms with van der Waals surface area (Å²) in [4.78, 5) is 16.8. The summed E-state index contributed by atoms with van der Waals surface area (Å²) in [5.74, 6) is 0.387. The second-order valence-electron chi connectivity index (χ2n) is 7.43. The molecule has 2 fully saturated rings. The van der Waals surface area contributed by atoms with Gasteiger partial charge in [0.15, 0.2) is 9.84 Å². The van der Waals surface area contributed by atoms with E-state index in [0.717, 1.165) is 39.3 Å². The fourth-order valence-electron chi connectivity index (χ4n) is 3.73. The normalized spacial score (nSPS) is 23.8. The first-order valence-corrected chi connectivity index (χ1v) is 11.3. The molecule has 7 heteroatoms. The number of amides is 1. The third kappa shape index (κ3) is 6.07. The lowest BCUT2D eigenvalue weighted by Crippen LogP contribution is -2.48. The van der Waals surface area contributed by atoms with Gasteiger partial charge in [0.1, 0.15) is 0 Å². The van der Waals surface area contributed by atoms with Crippen LogP contribution in [0, 0.1) is 5.92 Å². The van der Waals surface area contributed by atoms with Gasteiger partial charge >= 0.3 is 0 Å². The highest BCUT2D eigenvalue weighted by Gasteiger charge is 2.29. The van der Waals surface area contributed by atoms with E-state index in [0.29, 0.717) is 19.4 Å². The molecule has 0 aliphatic carbocycles. The number of nitrogens with one attached hydrogen (secondary N) is 1. The molecule has 1 unspecified atom stereocenters. The largest absolute Gasteiger partial charge is 0.355 e. The Morgan fingerprint density at radius 3 is 2.42 bits per heavy atom. The van der Waals surface area contributed by atoms with E-state index in [1.807, 2.05) is 6.07 Å². The Labute approximate surface area is 156 Å². The average molecular weight is 380 g/mol. The van der Waals surface area contributed by atoms with Crippen LogP contribution < -0.4 is 5.32 Å². The van der Waals surface area contributed by atoms with E-state index < -0.39 is 9.84 Å². The fraction of sp³-hybridized carbons (Fsp3) is 0.632. The Balaban J connectivity index is 1.28. The van der Waals surface area contributed by atoms with Crippen molar-refractivity contribution in [1.82, 2.24) is 15.1 Å². The monoisotopic (exact) mass is 379 g/mol. The predicted molar refractivity (Wildman–Crippen MR) is 103 cm³/mol. The Kier molecular flexibility index (Phi) is 6.67. The molecule has 0 radical (unpaired) electrons. The summed E-state index contributed by atoms with van der Waals surface area (Å²) in [5, 5.41) is 2.95. The number of carbonyl (C=O) groups excluding carboxylic acids is 1. The molecule has 2 aliphatic rings. The quantitative estimate of drug-likeness (QED) is 0.757. The molecule has 6 nitrogen and oxygen atoms in total. The molecule has 26 heavy (non-hydrogen) atoms. The van der Waals surface area contributed by atoms with Crippen molar-refractivity contribution in [1.29, 1.82) is 0 Å². The highest BCUT2D eigenvalue weighted by atomic mass is 32.2. The second kappa shape index (κ2) is 8.97. The highest BCUT2D eigenvalue weighted by Crippen LogP contribution is 2.21. The zero-order valence-electron chi connectivity index (χ0n) is 15.3. The van der Waals surface area contributed by atoms with E-state index >= 15 is 0 Å². The summed E-state index contributed by atoms with van der Waals surface area (Å²) in [7, 11) is -2.90. The molecule has 0 bridgehead atoms. The van der Waals surface area contributed by atoms with Crippen LogP contribution in [0.1, 0.15) is 18.4 Å². The molecule has 0 saturated carbocycles. The first kappa shape index (κ1) is 19.3. The molecule has 0 aromatic heterocycles. The van der Waals surface area contributed by atoms with Crippen LogP contribution in [-0.2, 0) is 21.2 Å². The van der Waals surface area contributed by atoms with Gasteiger partial charge in [-0.2, -0.15) is 0 Å². The summed E-state index contributed by atoms with van der Waals surface area (Å²) < 4.78 is 22.9. The molecule has 1 aromatic carbocycles. The second-order valence-corrected chi connectivity index (χ2v) is 9.66. The summed E-state index contributed by atoms with van der Waals surface area (Å²) >= 11 is 0. The Morgan fingerprint density at radius 1 is 1.08 bits per heavy atom. The molecule has 1 N–H and O–H groups in total. The molecular weight excluding hydrogens is 350 g/mol. The van der Waals surface area contributed by atoms with Crippen molar-refractivity contribution in [2.45, 2.75) is 19.4 Å². The topological polar surface area (TPSA) is 69.7 Å². The Morgan fingerprint density at radius 2 is 1.77 bits per heavy atom. The van der Waals surface area contributed by atoms with Crippen LogP contribution in [0.25, 0.3) is 0 Å². The third-order valence-corrected chi connectivity index (χ3v) is 7.10. The van der Waals surface area contributed by atoms with Crippen molar-refractivity contribution >= 4 is 15.7 Å². The number of sulfone groups is 1. The van der Waals surface area contributed by atoms with Gasteiger partial charge in [0.2, 0.25) is 5.91 Å². The van der Waals surface area contributed by atoms with Gasteiger partial charge in [-0.25, -0.2) is 8.42 Å². The van der Waals surface area contributed by atoms with Gasteiger partial charge in [-0.3, -0.25) is 14.6 Å². The van der Waals surface area contributed by atoms with Gasteiger partial charge in [-0.15, -0.1) is 0 Å². The van der Waals surface area contributed by atoms with Crippen molar-refractivity contribution in [2.24, 2.45) is 5.92 Å². The minimum atomic E-state index is -2.90. The molecule has 2 aliphatic heterocycles. The van der Waals surface area contributed by atoms with Gasteiger partial charge in [0, 0.05) is 52.2 Å². The summed E-state index contributed by atoms with van der Waals surface area (Å²) in [6.07, 6.45) is 0.962. The number of carbonyl (C=O) groups is 1. The van der Waals surface area contributed by atoms with Gasteiger partial charge in [0.25, 0.3) is 0 Å². The number of benzene rings is 1. The SMILES string of the molecule is O=C(CC1CCS(=O)(=O)C1)NCCN1CCN(Cc2ccccc2)CC1. The molecule has 2 heterocycles. The maximum absolute atomic E-state index is 12.0. The predicted octanol–water partition coefficient (Wildman–Crippen LogP) is 0.745. The van der Waals surface area contributed by atoms with Gasteiger partial charge in [-0.1, -0.05) is 30.3 Å². The van der Waals surface area contributed by atoms with Crippen molar-refractivity contribution < 1.29 is 13.2 Å². The Hall–Kier alpha value is -1.44. The Bertz CT molecular complexity index is 685. The van der Waals surface area contributed by atoms with Crippen molar-refractivity contribution in [2.75, 3.05) is 50.8 Å². The van der Waals surface area contributed by atoms with Crippen LogP contribution >= 0.6 is 0 Å². The summed E-state index contributed by atoms with van der Waals surface area (Å²) in [6.45, 7) is 6.61. The van der Waals surface area contributed by atoms with Crippen LogP contribution in [0.4, 0.5) is 0 Å². The molecule has 2 saturated heterocycles. The first-order valence-electron chi connectivity index (χ1n) is 9.46. The van der Waals surface area contributed by atoms with Crippen LogP contribution in [-0.4, -0.2) is 74.9 Å². The first-order chi connectivity index (χ1) is 12.5. The molecule has 1 atom stereocenters. The summed E-state index contributed by atoms with van der Waals surface area (Å²) in [6, 6.07) is 10.5. The van der Waals surface area contributed by atoms with E-state index in [2.05, 4.69) is 39.4 Å².